The van der Waals surface area contributed by atoms with E-state index in [0.29, 0.717) is 18.3 Å². The third-order valence-electron chi connectivity index (χ3n) is 4.30. The first kappa shape index (κ1) is 12.9. The van der Waals surface area contributed by atoms with Crippen molar-refractivity contribution in [2.75, 3.05) is 0 Å². The quantitative estimate of drug-likeness (QED) is 0.681. The monoisotopic (exact) mass is 240 g/mol. The smallest absolute Gasteiger partial charge is 0.168 e. The normalized spacial score (nSPS) is 29.4. The van der Waals surface area contributed by atoms with Crippen LogP contribution < -0.4 is 0 Å². The molecule has 2 aliphatic rings. The highest BCUT2D eigenvalue weighted by molar-refractivity contribution is 5.39. The topological polar surface area (TPSA) is 47.6 Å². The molecule has 2 atom stereocenters. The molecule has 94 valence electrons. The third-order valence-corrected chi connectivity index (χ3v) is 4.30. The third kappa shape index (κ3) is 2.08. The molecule has 0 aromatic carbocycles. The van der Waals surface area contributed by atoms with Gasteiger partial charge in [-0.05, 0) is 43.1 Å². The summed E-state index contributed by atoms with van der Waals surface area (Å²) in [5.74, 6) is 0.932. The fraction of sp³-hybridized carbons (Fsp3) is 0.625. The van der Waals surface area contributed by atoms with Crippen molar-refractivity contribution in [3.05, 3.63) is 23.8 Å². The largest absolute Gasteiger partial charge is 0.196 e. The van der Waals surface area contributed by atoms with Crippen LogP contribution in [-0.4, -0.2) is 0 Å². The van der Waals surface area contributed by atoms with Gasteiger partial charge in [-0.15, -0.1) is 0 Å². The Bertz CT molecular complexity index is 431. The van der Waals surface area contributed by atoms with Gasteiger partial charge in [-0.2, -0.15) is 10.5 Å². The van der Waals surface area contributed by atoms with Gasteiger partial charge in [0.05, 0.1) is 12.1 Å². The molecule has 0 aliphatic heterocycles. The van der Waals surface area contributed by atoms with Gasteiger partial charge in [0.2, 0.25) is 0 Å². The summed E-state index contributed by atoms with van der Waals surface area (Å²) in [5, 5.41) is 18.9. The van der Waals surface area contributed by atoms with E-state index in [1.54, 1.807) is 0 Å². The van der Waals surface area contributed by atoms with Crippen LogP contribution in [0.5, 0.6) is 0 Å². The maximum atomic E-state index is 9.47. The highest BCUT2D eigenvalue weighted by atomic mass is 14.5. The van der Waals surface area contributed by atoms with Crippen molar-refractivity contribution >= 4 is 0 Å². The summed E-state index contributed by atoms with van der Waals surface area (Å²) in [6.45, 7) is 2.20. The number of rotatable bonds is 2. The molecule has 2 unspecified atom stereocenters. The molecule has 0 saturated heterocycles. The second-order valence-corrected chi connectivity index (χ2v) is 5.41. The van der Waals surface area contributed by atoms with Gasteiger partial charge in [0.1, 0.15) is 0 Å². The average Bonchev–Trinajstić information content (AvgIpc) is 2.58. The molecule has 0 heterocycles. The Morgan fingerprint density at radius 1 is 1.39 bits per heavy atom. The molecule has 18 heavy (non-hydrogen) atoms. The van der Waals surface area contributed by atoms with Crippen LogP contribution in [0.4, 0.5) is 0 Å². The lowest BCUT2D eigenvalue weighted by molar-refractivity contribution is 0.347. The fourth-order valence-corrected chi connectivity index (χ4v) is 3.39. The predicted molar refractivity (Wildman–Crippen MR) is 71.2 cm³/mol. The fourth-order valence-electron chi connectivity index (χ4n) is 3.39. The zero-order valence-electron chi connectivity index (χ0n) is 11.0. The Balaban J connectivity index is 2.42. The van der Waals surface area contributed by atoms with E-state index in [1.165, 1.54) is 6.42 Å². The van der Waals surface area contributed by atoms with Crippen molar-refractivity contribution in [1.82, 2.24) is 0 Å². The van der Waals surface area contributed by atoms with Gasteiger partial charge in [0.25, 0.3) is 0 Å². The van der Waals surface area contributed by atoms with Crippen LogP contribution in [-0.2, 0) is 0 Å². The summed E-state index contributed by atoms with van der Waals surface area (Å²) < 4.78 is 0. The Labute approximate surface area is 110 Å². The number of hydrogen-bond donors (Lipinski definition) is 0. The lowest BCUT2D eigenvalue weighted by Gasteiger charge is -2.33. The first-order valence-corrected chi connectivity index (χ1v) is 6.97. The number of nitrogens with zero attached hydrogens (tertiary/aromatic N) is 2. The Morgan fingerprint density at radius 2 is 2.17 bits per heavy atom. The molecule has 0 amide bonds. The summed E-state index contributed by atoms with van der Waals surface area (Å²) in [5.41, 5.74) is 0.214. The second-order valence-electron chi connectivity index (χ2n) is 5.41. The van der Waals surface area contributed by atoms with Gasteiger partial charge in [-0.1, -0.05) is 31.6 Å². The van der Waals surface area contributed by atoms with Gasteiger partial charge in [-0.3, -0.25) is 0 Å². The van der Waals surface area contributed by atoms with Crippen LogP contribution in [0.15, 0.2) is 23.8 Å². The van der Waals surface area contributed by atoms with Crippen LogP contribution in [0.25, 0.3) is 0 Å². The van der Waals surface area contributed by atoms with E-state index in [1.807, 2.05) is 0 Å². The molecular formula is C16H20N2. The van der Waals surface area contributed by atoms with Crippen molar-refractivity contribution < 1.29 is 0 Å². The van der Waals surface area contributed by atoms with E-state index in [4.69, 9.17) is 0 Å². The van der Waals surface area contributed by atoms with Gasteiger partial charge in [0, 0.05) is 6.42 Å². The lowest BCUT2D eigenvalue weighted by atomic mass is 9.67. The van der Waals surface area contributed by atoms with E-state index in [2.05, 4.69) is 37.3 Å². The number of fused-ring (bicyclic) bond motifs is 1. The molecule has 0 N–H and O–H groups in total. The summed E-state index contributed by atoms with van der Waals surface area (Å²) in [7, 11) is 0. The van der Waals surface area contributed by atoms with Crippen LogP contribution in [0.3, 0.4) is 0 Å². The molecule has 0 bridgehead atoms. The van der Waals surface area contributed by atoms with Crippen LogP contribution in [0.1, 0.15) is 45.4 Å². The Hall–Kier alpha value is -1.54. The molecule has 0 spiro atoms. The molecule has 0 fully saturated rings. The molecule has 2 nitrogen and oxygen atoms in total. The zero-order chi connectivity index (χ0) is 13.0. The summed E-state index contributed by atoms with van der Waals surface area (Å²) in [4.78, 5) is 0. The Morgan fingerprint density at radius 3 is 2.83 bits per heavy atom. The minimum Gasteiger partial charge on any atom is -0.196 e. The van der Waals surface area contributed by atoms with Crippen molar-refractivity contribution in [3.8, 4) is 12.1 Å². The van der Waals surface area contributed by atoms with E-state index < -0.39 is 5.41 Å². The average molecular weight is 240 g/mol. The van der Waals surface area contributed by atoms with Gasteiger partial charge < -0.3 is 0 Å². The Kier molecular flexibility index (Phi) is 3.87. The van der Waals surface area contributed by atoms with E-state index >= 15 is 0 Å². The molecule has 0 saturated carbocycles. The number of nitriles is 2. The summed E-state index contributed by atoms with van der Waals surface area (Å²) in [6, 6.07) is 4.58. The van der Waals surface area contributed by atoms with Crippen molar-refractivity contribution in [2.24, 2.45) is 17.3 Å². The molecule has 2 aliphatic carbocycles. The molecule has 0 radical (unpaired) electrons. The summed E-state index contributed by atoms with van der Waals surface area (Å²) in [6.07, 6.45) is 12.7. The van der Waals surface area contributed by atoms with Crippen LogP contribution in [0.2, 0.25) is 0 Å². The number of hydrogen-bond acceptors (Lipinski definition) is 2. The molecule has 0 aromatic rings. The second kappa shape index (κ2) is 5.40. The maximum Gasteiger partial charge on any atom is 0.168 e. The zero-order valence-corrected chi connectivity index (χ0v) is 11.0. The van der Waals surface area contributed by atoms with E-state index in [-0.39, 0.29) is 0 Å². The highest BCUT2D eigenvalue weighted by Gasteiger charge is 2.42. The highest BCUT2D eigenvalue weighted by Crippen LogP contribution is 2.47. The predicted octanol–water partition coefficient (Wildman–Crippen LogP) is 4.12. The van der Waals surface area contributed by atoms with Crippen molar-refractivity contribution in [3.63, 3.8) is 0 Å². The van der Waals surface area contributed by atoms with Crippen molar-refractivity contribution in [1.29, 1.82) is 10.5 Å². The minimum atomic E-state index is -0.899. The number of allylic oxidation sites excluding steroid dienone is 4. The first-order chi connectivity index (χ1) is 8.77. The van der Waals surface area contributed by atoms with Gasteiger partial charge >= 0.3 is 0 Å². The van der Waals surface area contributed by atoms with Crippen LogP contribution >= 0.6 is 0 Å². The first-order valence-electron chi connectivity index (χ1n) is 6.97. The molecule has 2 heteroatoms. The van der Waals surface area contributed by atoms with E-state index in [0.717, 1.165) is 31.3 Å². The molecular weight excluding hydrogens is 220 g/mol. The van der Waals surface area contributed by atoms with Gasteiger partial charge in [-0.25, -0.2) is 0 Å². The standard InChI is InChI=1S/C16H20N2/c1-2-6-13-7-5-10-16(11-17,12-18)15-9-4-3-8-14(13)15/h5,7,9,13-14H,2-4,6,8,10H2,1H3. The minimum absolute atomic E-state index is 0.414. The lowest BCUT2D eigenvalue weighted by Crippen LogP contribution is -2.28. The van der Waals surface area contributed by atoms with Crippen molar-refractivity contribution in [2.45, 2.75) is 45.4 Å². The molecule has 0 aromatic heterocycles. The van der Waals surface area contributed by atoms with Crippen LogP contribution in [0, 0.1) is 39.9 Å². The van der Waals surface area contributed by atoms with Gasteiger partial charge in [0.15, 0.2) is 5.41 Å². The SMILES string of the molecule is CCCC1C=CCC(C#N)(C#N)C2=CCCCC21. The molecule has 2 rings (SSSR count). The maximum absolute atomic E-state index is 9.47. The van der Waals surface area contributed by atoms with E-state index in [9.17, 15) is 10.5 Å². The summed E-state index contributed by atoms with van der Waals surface area (Å²) >= 11 is 0.